The molecule has 1 heterocycles. The summed E-state index contributed by atoms with van der Waals surface area (Å²) in [6.45, 7) is 4.07. The maximum atomic E-state index is 12.0. The van der Waals surface area contributed by atoms with Crippen LogP contribution in [0.3, 0.4) is 0 Å². The lowest BCUT2D eigenvalue weighted by Gasteiger charge is -2.19. The van der Waals surface area contributed by atoms with E-state index < -0.39 is 0 Å². The minimum Gasteiger partial charge on any atom is -0.467 e. The molecule has 3 nitrogen and oxygen atoms in total. The number of carbonyl (C=O) groups is 1. The Morgan fingerprint density at radius 2 is 1.89 bits per heavy atom. The maximum Gasteiger partial charge on any atom is 0.329 e. The van der Waals surface area contributed by atoms with Crippen LogP contribution in [0.2, 0.25) is 0 Å². The number of hydrogen-bond donors (Lipinski definition) is 0. The number of methoxy groups -OCH3 is 1. The van der Waals surface area contributed by atoms with Gasteiger partial charge in [0, 0.05) is 18.3 Å². The van der Waals surface area contributed by atoms with E-state index >= 15 is 0 Å². The summed E-state index contributed by atoms with van der Waals surface area (Å²) >= 11 is 0. The highest BCUT2D eigenvalue weighted by molar-refractivity contribution is 5.74. The van der Waals surface area contributed by atoms with E-state index in [0.717, 1.165) is 11.3 Å². The number of hydrogen-bond acceptors (Lipinski definition) is 2. The van der Waals surface area contributed by atoms with Gasteiger partial charge in [-0.1, -0.05) is 30.3 Å². The van der Waals surface area contributed by atoms with E-state index in [-0.39, 0.29) is 12.0 Å². The van der Waals surface area contributed by atoms with E-state index in [4.69, 9.17) is 4.74 Å². The summed E-state index contributed by atoms with van der Waals surface area (Å²) in [5.41, 5.74) is 3.41. The van der Waals surface area contributed by atoms with E-state index in [9.17, 15) is 4.79 Å². The van der Waals surface area contributed by atoms with E-state index in [0.29, 0.717) is 6.42 Å². The Morgan fingerprint density at radius 1 is 1.21 bits per heavy atom. The molecule has 0 spiro atoms. The van der Waals surface area contributed by atoms with Gasteiger partial charge >= 0.3 is 5.97 Å². The summed E-state index contributed by atoms with van der Waals surface area (Å²) in [4.78, 5) is 12.0. The summed E-state index contributed by atoms with van der Waals surface area (Å²) in [6, 6.07) is 11.7. The molecular formula is C16H19NO2. The van der Waals surface area contributed by atoms with E-state index in [1.807, 2.05) is 61.0 Å². The SMILES string of the molecule is COC(=O)C(Cc1ccccc1)n1ccc(C)c1C. The molecule has 0 aliphatic heterocycles. The van der Waals surface area contributed by atoms with Crippen molar-refractivity contribution in [3.63, 3.8) is 0 Å². The van der Waals surface area contributed by atoms with Gasteiger partial charge in [-0.15, -0.1) is 0 Å². The lowest BCUT2D eigenvalue weighted by molar-refractivity contribution is -0.144. The molecule has 1 aromatic carbocycles. The minimum absolute atomic E-state index is 0.206. The Hall–Kier alpha value is -2.03. The van der Waals surface area contributed by atoms with Gasteiger partial charge in [0.1, 0.15) is 6.04 Å². The molecule has 3 heteroatoms. The van der Waals surface area contributed by atoms with E-state index in [2.05, 4.69) is 0 Å². The molecule has 0 saturated heterocycles. The molecule has 2 aromatic rings. The lowest BCUT2D eigenvalue weighted by atomic mass is 10.1. The molecule has 2 rings (SSSR count). The third kappa shape index (κ3) is 2.87. The van der Waals surface area contributed by atoms with Gasteiger partial charge < -0.3 is 9.30 Å². The zero-order valence-electron chi connectivity index (χ0n) is 11.6. The third-order valence-electron chi connectivity index (χ3n) is 3.52. The van der Waals surface area contributed by atoms with Gasteiger partial charge in [0.05, 0.1) is 7.11 Å². The molecule has 100 valence electrons. The Morgan fingerprint density at radius 3 is 2.42 bits per heavy atom. The highest BCUT2D eigenvalue weighted by Gasteiger charge is 2.22. The quantitative estimate of drug-likeness (QED) is 0.788. The molecule has 0 bridgehead atoms. The second kappa shape index (κ2) is 5.74. The molecule has 0 N–H and O–H groups in total. The standard InChI is InChI=1S/C16H19NO2/c1-12-9-10-17(13(12)2)15(16(18)19-3)11-14-7-5-4-6-8-14/h4-10,15H,11H2,1-3H3. The predicted molar refractivity (Wildman–Crippen MR) is 75.1 cm³/mol. The first-order valence-electron chi connectivity index (χ1n) is 6.39. The van der Waals surface area contributed by atoms with Crippen LogP contribution in [0.15, 0.2) is 42.6 Å². The van der Waals surface area contributed by atoms with Crippen molar-refractivity contribution in [2.45, 2.75) is 26.3 Å². The van der Waals surface area contributed by atoms with Crippen LogP contribution < -0.4 is 0 Å². The van der Waals surface area contributed by atoms with Crippen LogP contribution in [0.4, 0.5) is 0 Å². The highest BCUT2D eigenvalue weighted by atomic mass is 16.5. The first kappa shape index (κ1) is 13.4. The van der Waals surface area contributed by atoms with Crippen molar-refractivity contribution in [1.82, 2.24) is 4.57 Å². The van der Waals surface area contributed by atoms with Crippen molar-refractivity contribution in [1.29, 1.82) is 0 Å². The maximum absolute atomic E-state index is 12.0. The smallest absolute Gasteiger partial charge is 0.329 e. The van der Waals surface area contributed by atoms with Gasteiger partial charge in [0.2, 0.25) is 0 Å². The summed E-state index contributed by atoms with van der Waals surface area (Å²) in [7, 11) is 1.44. The largest absolute Gasteiger partial charge is 0.467 e. The zero-order chi connectivity index (χ0) is 13.8. The van der Waals surface area contributed by atoms with Crippen LogP contribution in [0.5, 0.6) is 0 Å². The second-order valence-electron chi connectivity index (χ2n) is 4.72. The van der Waals surface area contributed by atoms with Crippen molar-refractivity contribution >= 4 is 5.97 Å². The normalized spacial score (nSPS) is 12.2. The van der Waals surface area contributed by atoms with Crippen LogP contribution in [0.25, 0.3) is 0 Å². The molecule has 0 amide bonds. The third-order valence-corrected chi connectivity index (χ3v) is 3.52. The Labute approximate surface area is 113 Å². The molecule has 0 fully saturated rings. The van der Waals surface area contributed by atoms with Crippen LogP contribution >= 0.6 is 0 Å². The van der Waals surface area contributed by atoms with Crippen molar-refractivity contribution in [2.24, 2.45) is 0 Å². The van der Waals surface area contributed by atoms with Gasteiger partial charge in [-0.05, 0) is 31.0 Å². The Bertz CT molecular complexity index is 557. The van der Waals surface area contributed by atoms with Gasteiger partial charge in [0.25, 0.3) is 0 Å². The molecule has 0 aliphatic carbocycles. The second-order valence-corrected chi connectivity index (χ2v) is 4.72. The predicted octanol–water partition coefficient (Wildman–Crippen LogP) is 3.06. The number of nitrogens with zero attached hydrogens (tertiary/aromatic N) is 1. The first-order chi connectivity index (χ1) is 9.13. The van der Waals surface area contributed by atoms with Crippen LogP contribution in [0.1, 0.15) is 22.9 Å². The van der Waals surface area contributed by atoms with Crippen LogP contribution in [0, 0.1) is 13.8 Å². The number of rotatable bonds is 4. The molecule has 0 saturated carbocycles. The average molecular weight is 257 g/mol. The van der Waals surface area contributed by atoms with Gasteiger partial charge in [-0.2, -0.15) is 0 Å². The van der Waals surface area contributed by atoms with E-state index in [1.165, 1.54) is 12.7 Å². The highest BCUT2D eigenvalue weighted by Crippen LogP contribution is 2.21. The van der Waals surface area contributed by atoms with Gasteiger partial charge in [-0.3, -0.25) is 0 Å². The number of aromatic nitrogens is 1. The topological polar surface area (TPSA) is 31.2 Å². The van der Waals surface area contributed by atoms with Crippen molar-refractivity contribution in [3.8, 4) is 0 Å². The average Bonchev–Trinajstić information content (AvgIpc) is 2.77. The molecule has 0 radical (unpaired) electrons. The minimum atomic E-state index is -0.305. The molecule has 1 unspecified atom stereocenters. The fraction of sp³-hybridized carbons (Fsp3) is 0.312. The van der Waals surface area contributed by atoms with Crippen LogP contribution in [-0.4, -0.2) is 17.6 Å². The molecule has 19 heavy (non-hydrogen) atoms. The fourth-order valence-electron chi connectivity index (χ4n) is 2.23. The lowest BCUT2D eigenvalue weighted by Crippen LogP contribution is -2.23. The zero-order valence-corrected chi connectivity index (χ0v) is 11.6. The first-order valence-corrected chi connectivity index (χ1v) is 6.39. The number of esters is 1. The number of ether oxygens (including phenoxy) is 1. The monoisotopic (exact) mass is 257 g/mol. The molecule has 1 aromatic heterocycles. The summed E-state index contributed by atoms with van der Waals surface area (Å²) in [5, 5.41) is 0. The van der Waals surface area contributed by atoms with Crippen molar-refractivity contribution < 1.29 is 9.53 Å². The van der Waals surface area contributed by atoms with Crippen molar-refractivity contribution in [3.05, 3.63) is 59.4 Å². The Kier molecular flexibility index (Phi) is 4.05. The number of aryl methyl sites for hydroxylation is 1. The fourth-order valence-corrected chi connectivity index (χ4v) is 2.23. The van der Waals surface area contributed by atoms with Crippen LogP contribution in [-0.2, 0) is 16.0 Å². The van der Waals surface area contributed by atoms with E-state index in [1.54, 1.807) is 0 Å². The number of benzene rings is 1. The number of carbonyl (C=O) groups excluding carboxylic acids is 1. The van der Waals surface area contributed by atoms with Crippen molar-refractivity contribution in [2.75, 3.05) is 7.11 Å². The molecule has 1 atom stereocenters. The summed E-state index contributed by atoms with van der Waals surface area (Å²) in [5.74, 6) is -0.206. The molecular weight excluding hydrogens is 238 g/mol. The van der Waals surface area contributed by atoms with Gasteiger partial charge in [-0.25, -0.2) is 4.79 Å². The summed E-state index contributed by atoms with van der Waals surface area (Å²) in [6.07, 6.45) is 2.59. The summed E-state index contributed by atoms with van der Waals surface area (Å²) < 4.78 is 6.94. The van der Waals surface area contributed by atoms with Gasteiger partial charge in [0.15, 0.2) is 0 Å². The Balaban J connectivity index is 2.32. The molecule has 0 aliphatic rings.